The van der Waals surface area contributed by atoms with Crippen molar-refractivity contribution in [1.82, 2.24) is 4.98 Å². The number of benzene rings is 2. The molecule has 0 atom stereocenters. The summed E-state index contributed by atoms with van der Waals surface area (Å²) in [5, 5.41) is 2.56. The Morgan fingerprint density at radius 3 is 1.90 bits per heavy atom. The van der Waals surface area contributed by atoms with Crippen molar-refractivity contribution < 1.29 is 0 Å². The van der Waals surface area contributed by atoms with E-state index in [2.05, 4.69) is 59.4 Å². The number of terminal acetylenes is 1. The molecule has 0 N–H and O–H groups in total. The smallest absolute Gasteiger partial charge is 0.0733 e. The lowest BCUT2D eigenvalue weighted by Gasteiger charge is -2.18. The van der Waals surface area contributed by atoms with E-state index in [1.807, 2.05) is 24.3 Å². The van der Waals surface area contributed by atoms with Crippen LogP contribution in [0, 0.1) is 12.3 Å². The van der Waals surface area contributed by atoms with Gasteiger partial charge in [-0.1, -0.05) is 66.6 Å². The van der Waals surface area contributed by atoms with Gasteiger partial charge in [-0.05, 0) is 22.7 Å². The third-order valence-electron chi connectivity index (χ3n) is 3.17. The quantitative estimate of drug-likeness (QED) is 0.533. The second-order valence-corrected chi connectivity index (χ2v) is 6.72. The maximum Gasteiger partial charge on any atom is 0.0733 e. The van der Waals surface area contributed by atoms with Crippen LogP contribution in [-0.4, -0.2) is 4.98 Å². The molecule has 0 aliphatic rings. The summed E-state index contributed by atoms with van der Waals surface area (Å²) < 4.78 is 0. The van der Waals surface area contributed by atoms with Gasteiger partial charge in [-0.15, -0.1) is 6.42 Å². The Balaban J connectivity index is 2.15. The van der Waals surface area contributed by atoms with Gasteiger partial charge in [0.1, 0.15) is 0 Å². The minimum Gasteiger partial charge on any atom is -0.256 e. The highest BCUT2D eigenvalue weighted by Crippen LogP contribution is 2.31. The highest BCUT2D eigenvalue weighted by molar-refractivity contribution is 7.79. The predicted octanol–water partition coefficient (Wildman–Crippen LogP) is 2.82. The van der Waals surface area contributed by atoms with Gasteiger partial charge in [0.05, 0.1) is 5.44 Å². The Morgan fingerprint density at radius 1 is 0.810 bits per heavy atom. The number of aromatic nitrogens is 1. The number of nitrogens with zero attached hydrogens (tertiary/aromatic N) is 1. The fourth-order valence-corrected chi connectivity index (χ4v) is 4.42. The molecule has 0 aliphatic heterocycles. The van der Waals surface area contributed by atoms with Gasteiger partial charge < -0.3 is 0 Å². The van der Waals surface area contributed by atoms with E-state index in [0.717, 1.165) is 11.0 Å². The van der Waals surface area contributed by atoms with Crippen molar-refractivity contribution in [3.8, 4) is 12.3 Å². The normalized spacial score (nSPS) is 10.3. The summed E-state index contributed by atoms with van der Waals surface area (Å²) >= 11 is 0. The zero-order valence-electron chi connectivity index (χ0n) is 11.5. The fraction of sp³-hybridized carbons (Fsp3) is 0. The summed E-state index contributed by atoms with van der Waals surface area (Å²) in [4.78, 5) is 4.57. The van der Waals surface area contributed by atoms with E-state index in [4.69, 9.17) is 6.42 Å². The zero-order chi connectivity index (χ0) is 14.5. The average Bonchev–Trinajstić information content (AvgIpc) is 2.57. The molecule has 1 aromatic heterocycles. The lowest BCUT2D eigenvalue weighted by Crippen LogP contribution is -2.22. The van der Waals surface area contributed by atoms with Crippen molar-refractivity contribution in [3.05, 3.63) is 84.6 Å². The fourth-order valence-electron chi connectivity index (χ4n) is 2.20. The minimum atomic E-state index is -0.675. The number of hydrogen-bond donors (Lipinski definition) is 0. The second-order valence-electron chi connectivity index (χ2n) is 4.55. The lowest BCUT2D eigenvalue weighted by molar-refractivity contribution is 1.38. The number of hydrogen-bond acceptors (Lipinski definition) is 1. The topological polar surface area (TPSA) is 12.9 Å². The molecule has 3 aromatic rings. The monoisotopic (exact) mass is 287 g/mol. The molecule has 2 aromatic carbocycles. The summed E-state index contributed by atoms with van der Waals surface area (Å²) in [6.45, 7) is 0. The van der Waals surface area contributed by atoms with E-state index in [1.165, 1.54) is 10.6 Å². The van der Waals surface area contributed by atoms with Gasteiger partial charge in [0.25, 0.3) is 0 Å². The molecule has 0 saturated heterocycles. The van der Waals surface area contributed by atoms with Gasteiger partial charge in [-0.2, -0.15) is 0 Å². The maximum atomic E-state index is 5.53. The summed E-state index contributed by atoms with van der Waals surface area (Å²) in [7, 11) is -0.675. The first-order valence-electron chi connectivity index (χ1n) is 6.71. The molecule has 0 fully saturated rings. The van der Waals surface area contributed by atoms with Crippen LogP contribution in [0.5, 0.6) is 0 Å². The first kappa shape index (κ1) is 13.6. The zero-order valence-corrected chi connectivity index (χ0v) is 12.4. The molecular formula is C19H14NP. The number of pyridine rings is 1. The molecule has 21 heavy (non-hydrogen) atoms. The van der Waals surface area contributed by atoms with Gasteiger partial charge in [-0.3, -0.25) is 4.98 Å². The van der Waals surface area contributed by atoms with Crippen LogP contribution in [0.2, 0.25) is 0 Å². The molecule has 1 heterocycles. The molecule has 1 nitrogen and oxygen atoms in total. The molecule has 0 spiro atoms. The number of rotatable bonds is 3. The third-order valence-corrected chi connectivity index (χ3v) is 5.50. The van der Waals surface area contributed by atoms with Crippen molar-refractivity contribution in [1.29, 1.82) is 0 Å². The highest BCUT2D eigenvalue weighted by atomic mass is 31.1. The lowest BCUT2D eigenvalue weighted by atomic mass is 10.3. The summed E-state index contributed by atoms with van der Waals surface area (Å²) in [5.74, 6) is 2.70. The molecule has 0 unspecified atom stereocenters. The average molecular weight is 287 g/mol. The first-order chi connectivity index (χ1) is 10.4. The van der Waals surface area contributed by atoms with Crippen LogP contribution in [0.25, 0.3) is 0 Å². The van der Waals surface area contributed by atoms with Crippen molar-refractivity contribution >= 4 is 24.0 Å². The van der Waals surface area contributed by atoms with E-state index in [-0.39, 0.29) is 0 Å². The van der Waals surface area contributed by atoms with Crippen LogP contribution in [0.15, 0.2) is 79.0 Å². The van der Waals surface area contributed by atoms with Crippen LogP contribution in [0.3, 0.4) is 0 Å². The van der Waals surface area contributed by atoms with E-state index in [9.17, 15) is 0 Å². The largest absolute Gasteiger partial charge is 0.256 e. The molecule has 100 valence electrons. The first-order valence-corrected chi connectivity index (χ1v) is 8.05. The Kier molecular flexibility index (Phi) is 4.10. The van der Waals surface area contributed by atoms with Crippen molar-refractivity contribution in [2.45, 2.75) is 0 Å². The van der Waals surface area contributed by atoms with Crippen LogP contribution in [0.1, 0.15) is 5.56 Å². The molecule has 0 aliphatic carbocycles. The summed E-state index contributed by atoms with van der Waals surface area (Å²) in [5.41, 5.74) is 1.91. The summed E-state index contributed by atoms with van der Waals surface area (Å²) in [6, 6.07) is 24.9. The maximum absolute atomic E-state index is 5.53. The van der Waals surface area contributed by atoms with Gasteiger partial charge in [0.15, 0.2) is 0 Å². The molecular weight excluding hydrogens is 273 g/mol. The molecule has 0 amide bonds. The Bertz CT molecular complexity index is 721. The van der Waals surface area contributed by atoms with Gasteiger partial charge >= 0.3 is 0 Å². The molecule has 2 heteroatoms. The van der Waals surface area contributed by atoms with Gasteiger partial charge in [0.2, 0.25) is 0 Å². The van der Waals surface area contributed by atoms with Crippen LogP contribution in [-0.2, 0) is 0 Å². The van der Waals surface area contributed by atoms with Gasteiger partial charge in [-0.25, -0.2) is 0 Å². The van der Waals surface area contributed by atoms with Gasteiger partial charge in [0, 0.05) is 19.7 Å². The molecule has 0 radical (unpaired) electrons. The van der Waals surface area contributed by atoms with Crippen molar-refractivity contribution in [2.24, 2.45) is 0 Å². The predicted molar refractivity (Wildman–Crippen MR) is 90.9 cm³/mol. The minimum absolute atomic E-state index is 0.675. The molecule has 3 rings (SSSR count). The highest BCUT2D eigenvalue weighted by Gasteiger charge is 2.17. The standard InChI is InChI=1S/C19H14NP/c1-2-16-13-14-20-19(15-16)21(17-9-5-3-6-10-17)18-11-7-4-8-12-18/h1,3-15H. The Labute approximate surface area is 126 Å². The molecule has 0 saturated carbocycles. The Morgan fingerprint density at radius 2 is 1.38 bits per heavy atom. The van der Waals surface area contributed by atoms with E-state index < -0.39 is 7.92 Å². The van der Waals surface area contributed by atoms with E-state index in [1.54, 1.807) is 6.20 Å². The third kappa shape index (κ3) is 3.02. The Hall–Kier alpha value is -2.42. The van der Waals surface area contributed by atoms with E-state index >= 15 is 0 Å². The van der Waals surface area contributed by atoms with E-state index in [0.29, 0.717) is 0 Å². The van der Waals surface area contributed by atoms with Crippen LogP contribution in [0.4, 0.5) is 0 Å². The molecule has 0 bridgehead atoms. The SMILES string of the molecule is C#Cc1ccnc(P(c2ccccc2)c2ccccc2)c1. The van der Waals surface area contributed by atoms with Crippen LogP contribution < -0.4 is 16.0 Å². The second kappa shape index (κ2) is 6.35. The van der Waals surface area contributed by atoms with Crippen molar-refractivity contribution in [2.75, 3.05) is 0 Å². The van der Waals surface area contributed by atoms with Crippen molar-refractivity contribution in [3.63, 3.8) is 0 Å². The summed E-state index contributed by atoms with van der Waals surface area (Å²) in [6.07, 6.45) is 7.32. The van der Waals surface area contributed by atoms with Crippen LogP contribution >= 0.6 is 7.92 Å².